The number of sulfonamides is 1. The lowest BCUT2D eigenvalue weighted by Crippen LogP contribution is -2.31. The van der Waals surface area contributed by atoms with Crippen molar-refractivity contribution in [3.05, 3.63) is 51.6 Å². The van der Waals surface area contributed by atoms with Crippen LogP contribution in [0.1, 0.15) is 12.0 Å². The molecule has 5 nitrogen and oxygen atoms in total. The van der Waals surface area contributed by atoms with Gasteiger partial charge in [0.25, 0.3) is 0 Å². The van der Waals surface area contributed by atoms with Crippen molar-refractivity contribution in [3.63, 3.8) is 0 Å². The van der Waals surface area contributed by atoms with Crippen LogP contribution in [0, 0.1) is 6.92 Å². The predicted molar refractivity (Wildman–Crippen MR) is 95.9 cm³/mol. The number of aromatic nitrogens is 1. The van der Waals surface area contributed by atoms with Crippen LogP contribution in [0.3, 0.4) is 0 Å². The highest BCUT2D eigenvalue weighted by Crippen LogP contribution is 2.28. The standard InChI is InChI=1S/C16H16BrClN2O3S/c1-11-14(18)3-2-4-15(11)24(21,22)20-8-7-13(10-20)23-16-6-5-12(17)9-19-16/h2-6,9,13H,7-8,10H2,1H3. The van der Waals surface area contributed by atoms with E-state index in [2.05, 4.69) is 20.9 Å². The van der Waals surface area contributed by atoms with Crippen LogP contribution >= 0.6 is 27.5 Å². The second-order valence-corrected chi connectivity index (χ2v) is 8.80. The average Bonchev–Trinajstić information content (AvgIpc) is 3.01. The number of ether oxygens (including phenoxy) is 1. The molecule has 0 amide bonds. The van der Waals surface area contributed by atoms with E-state index in [1.807, 2.05) is 6.07 Å². The van der Waals surface area contributed by atoms with Gasteiger partial charge >= 0.3 is 0 Å². The minimum Gasteiger partial charge on any atom is -0.473 e. The second kappa shape index (κ2) is 7.00. The maximum absolute atomic E-state index is 12.8. The molecule has 1 fully saturated rings. The molecule has 0 N–H and O–H groups in total. The zero-order chi connectivity index (χ0) is 17.3. The van der Waals surface area contributed by atoms with E-state index in [9.17, 15) is 8.42 Å². The molecule has 128 valence electrons. The second-order valence-electron chi connectivity index (χ2n) is 5.57. The normalized spacial score (nSPS) is 18.7. The van der Waals surface area contributed by atoms with E-state index < -0.39 is 10.0 Å². The minimum atomic E-state index is -3.58. The third kappa shape index (κ3) is 3.59. The smallest absolute Gasteiger partial charge is 0.243 e. The summed E-state index contributed by atoms with van der Waals surface area (Å²) in [6, 6.07) is 8.51. The van der Waals surface area contributed by atoms with Gasteiger partial charge in [0.1, 0.15) is 6.10 Å². The number of hydrogen-bond donors (Lipinski definition) is 0. The van der Waals surface area contributed by atoms with E-state index in [1.54, 1.807) is 37.4 Å². The van der Waals surface area contributed by atoms with Gasteiger partial charge in [0, 0.05) is 28.3 Å². The van der Waals surface area contributed by atoms with E-state index >= 15 is 0 Å². The van der Waals surface area contributed by atoms with E-state index in [1.165, 1.54) is 4.31 Å². The van der Waals surface area contributed by atoms with Crippen molar-refractivity contribution in [2.24, 2.45) is 0 Å². The number of hydrogen-bond acceptors (Lipinski definition) is 4. The molecule has 0 saturated carbocycles. The first-order valence-corrected chi connectivity index (χ1v) is 10.0. The van der Waals surface area contributed by atoms with Crippen molar-refractivity contribution in [3.8, 4) is 5.88 Å². The highest BCUT2D eigenvalue weighted by atomic mass is 79.9. The third-order valence-corrected chi connectivity index (χ3v) is 6.82. The molecule has 1 aliphatic rings. The number of rotatable bonds is 4. The van der Waals surface area contributed by atoms with Crippen molar-refractivity contribution in [2.75, 3.05) is 13.1 Å². The summed E-state index contributed by atoms with van der Waals surface area (Å²) in [7, 11) is -3.58. The van der Waals surface area contributed by atoms with Crippen LogP contribution in [0.5, 0.6) is 5.88 Å². The molecule has 1 atom stereocenters. The average molecular weight is 432 g/mol. The Morgan fingerprint density at radius 3 is 2.83 bits per heavy atom. The van der Waals surface area contributed by atoms with E-state index in [0.717, 1.165) is 4.47 Å². The largest absolute Gasteiger partial charge is 0.473 e. The molecule has 1 saturated heterocycles. The molecule has 1 unspecified atom stereocenters. The quantitative estimate of drug-likeness (QED) is 0.741. The van der Waals surface area contributed by atoms with Crippen molar-refractivity contribution in [1.29, 1.82) is 0 Å². The van der Waals surface area contributed by atoms with Gasteiger partial charge in [0.15, 0.2) is 0 Å². The van der Waals surface area contributed by atoms with Crippen molar-refractivity contribution < 1.29 is 13.2 Å². The summed E-state index contributed by atoms with van der Waals surface area (Å²) in [6.07, 6.45) is 2.05. The van der Waals surface area contributed by atoms with Crippen molar-refractivity contribution >= 4 is 37.6 Å². The fourth-order valence-corrected chi connectivity index (χ4v) is 4.82. The van der Waals surface area contributed by atoms with Gasteiger partial charge < -0.3 is 4.74 Å². The van der Waals surface area contributed by atoms with Crippen LogP contribution in [0.4, 0.5) is 0 Å². The van der Waals surface area contributed by atoms with Gasteiger partial charge in [-0.25, -0.2) is 13.4 Å². The van der Waals surface area contributed by atoms with Crippen LogP contribution in [0.25, 0.3) is 0 Å². The van der Waals surface area contributed by atoms with Gasteiger partial charge in [-0.2, -0.15) is 4.31 Å². The topological polar surface area (TPSA) is 59.5 Å². The summed E-state index contributed by atoms with van der Waals surface area (Å²) < 4.78 is 33.8. The summed E-state index contributed by atoms with van der Waals surface area (Å²) in [6.45, 7) is 2.42. The molecule has 0 bridgehead atoms. The Bertz CT molecular complexity index is 843. The van der Waals surface area contributed by atoms with E-state index in [-0.39, 0.29) is 11.0 Å². The van der Waals surface area contributed by atoms with Crippen LogP contribution in [-0.2, 0) is 10.0 Å². The van der Waals surface area contributed by atoms with E-state index in [0.29, 0.717) is 36.0 Å². The highest BCUT2D eigenvalue weighted by Gasteiger charge is 2.34. The molecule has 1 aromatic heterocycles. The maximum atomic E-state index is 12.8. The molecule has 1 aromatic carbocycles. The molecule has 0 aliphatic carbocycles. The highest BCUT2D eigenvalue weighted by molar-refractivity contribution is 9.10. The first-order chi connectivity index (χ1) is 11.4. The first kappa shape index (κ1) is 17.7. The minimum absolute atomic E-state index is 0.215. The van der Waals surface area contributed by atoms with Gasteiger partial charge in [-0.3, -0.25) is 0 Å². The molecule has 8 heteroatoms. The zero-order valence-electron chi connectivity index (χ0n) is 12.9. The Morgan fingerprint density at radius 1 is 1.33 bits per heavy atom. The lowest BCUT2D eigenvalue weighted by atomic mass is 10.2. The molecule has 2 heterocycles. The fourth-order valence-electron chi connectivity index (χ4n) is 2.62. The van der Waals surface area contributed by atoms with Crippen molar-refractivity contribution in [1.82, 2.24) is 9.29 Å². The van der Waals surface area contributed by atoms with Crippen LogP contribution in [0.15, 0.2) is 45.9 Å². The Balaban J connectivity index is 1.74. The maximum Gasteiger partial charge on any atom is 0.243 e. The van der Waals surface area contributed by atoms with Gasteiger partial charge in [0.2, 0.25) is 15.9 Å². The molecule has 0 spiro atoms. The lowest BCUT2D eigenvalue weighted by Gasteiger charge is -2.18. The van der Waals surface area contributed by atoms with Crippen LogP contribution < -0.4 is 4.74 Å². The summed E-state index contributed by atoms with van der Waals surface area (Å²) in [5, 5.41) is 0.446. The molecule has 24 heavy (non-hydrogen) atoms. The molecule has 3 rings (SSSR count). The Labute approximate surface area is 154 Å². The molecule has 0 radical (unpaired) electrons. The summed E-state index contributed by atoms with van der Waals surface area (Å²) in [4.78, 5) is 4.41. The summed E-state index contributed by atoms with van der Waals surface area (Å²) in [5.41, 5.74) is 0.568. The van der Waals surface area contributed by atoms with Crippen LogP contribution in [0.2, 0.25) is 5.02 Å². The Morgan fingerprint density at radius 2 is 2.12 bits per heavy atom. The number of benzene rings is 1. The third-order valence-electron chi connectivity index (χ3n) is 3.93. The summed E-state index contributed by atoms with van der Waals surface area (Å²) in [5.74, 6) is 0.487. The van der Waals surface area contributed by atoms with Gasteiger partial charge in [0.05, 0.1) is 11.4 Å². The number of pyridine rings is 1. The van der Waals surface area contributed by atoms with Gasteiger partial charge in [-0.15, -0.1) is 0 Å². The Hall–Kier alpha value is -1.15. The lowest BCUT2D eigenvalue weighted by molar-refractivity contribution is 0.207. The molecule has 2 aromatic rings. The molecular formula is C16H16BrClN2O3S. The van der Waals surface area contributed by atoms with Gasteiger partial charge in [-0.1, -0.05) is 17.7 Å². The zero-order valence-corrected chi connectivity index (χ0v) is 16.1. The van der Waals surface area contributed by atoms with E-state index in [4.69, 9.17) is 16.3 Å². The van der Waals surface area contributed by atoms with Crippen molar-refractivity contribution in [2.45, 2.75) is 24.3 Å². The number of nitrogens with zero attached hydrogens (tertiary/aromatic N) is 2. The first-order valence-electron chi connectivity index (χ1n) is 7.41. The number of halogens is 2. The fraction of sp³-hybridized carbons (Fsp3) is 0.312. The Kier molecular flexibility index (Phi) is 5.15. The molecule has 1 aliphatic heterocycles. The van der Waals surface area contributed by atoms with Crippen LogP contribution in [-0.4, -0.2) is 36.9 Å². The summed E-state index contributed by atoms with van der Waals surface area (Å²) >= 11 is 9.37. The SMILES string of the molecule is Cc1c(Cl)cccc1S(=O)(=O)N1CCC(Oc2ccc(Br)cn2)C1. The van der Waals surface area contributed by atoms with Gasteiger partial charge in [-0.05, 0) is 53.0 Å². The monoisotopic (exact) mass is 430 g/mol. The predicted octanol–water partition coefficient (Wildman–Crippen LogP) is 3.65. The molecular weight excluding hydrogens is 416 g/mol.